The molecule has 2 aromatic carbocycles. The molecule has 10 heteroatoms. The van der Waals surface area contributed by atoms with Crippen LogP contribution in [0.2, 0.25) is 0 Å². The van der Waals surface area contributed by atoms with Gasteiger partial charge in [0, 0.05) is 36.8 Å². The monoisotopic (exact) mass is 560 g/mol. The Balaban J connectivity index is 1.59. The SMILES string of the molecule is CCCC(C#CCO)Nc1nc(N)nc2c3cc(F)ccc3n(Cc3cc(CNC4CCOCC4)ccc3OC)c12. The molecule has 0 saturated carbocycles. The van der Waals surface area contributed by atoms with Crippen molar-refractivity contribution in [2.75, 3.05) is 38.0 Å². The standard InChI is InChI=1S/C31H37FN6O3/c1-3-5-24(6-4-13-39)35-30-29-28(36-31(33)37-30)25-17-22(32)8-9-26(25)38(29)19-21-16-20(7-10-27(21)40-2)18-34-23-11-14-41-15-12-23/h7-10,16-17,23-24,34,39H,3,5,11-15,18-19H2,1-2H3,(H3,33,35,36,37). The van der Waals surface area contributed by atoms with Crippen molar-refractivity contribution in [2.24, 2.45) is 0 Å². The highest BCUT2D eigenvalue weighted by Gasteiger charge is 2.21. The summed E-state index contributed by atoms with van der Waals surface area (Å²) in [5.41, 5.74) is 10.3. The molecule has 0 radical (unpaired) electrons. The van der Waals surface area contributed by atoms with Gasteiger partial charge in [0.15, 0.2) is 5.82 Å². The van der Waals surface area contributed by atoms with Gasteiger partial charge in [-0.05, 0) is 55.2 Å². The summed E-state index contributed by atoms with van der Waals surface area (Å²) in [5.74, 6) is 6.78. The predicted molar refractivity (Wildman–Crippen MR) is 159 cm³/mol. The molecule has 0 amide bonds. The van der Waals surface area contributed by atoms with Crippen LogP contribution in [0.1, 0.15) is 43.7 Å². The zero-order chi connectivity index (χ0) is 28.8. The summed E-state index contributed by atoms with van der Waals surface area (Å²) in [5, 5.41) is 17.0. The summed E-state index contributed by atoms with van der Waals surface area (Å²) >= 11 is 0. The number of aliphatic hydroxyl groups is 1. The Hall–Kier alpha value is -3.91. The molecule has 41 heavy (non-hydrogen) atoms. The van der Waals surface area contributed by atoms with Crippen molar-refractivity contribution < 1.29 is 19.0 Å². The minimum Gasteiger partial charge on any atom is -0.496 e. The highest BCUT2D eigenvalue weighted by atomic mass is 19.1. The number of anilines is 2. The van der Waals surface area contributed by atoms with Gasteiger partial charge in [0.1, 0.15) is 29.2 Å². The van der Waals surface area contributed by atoms with Crippen molar-refractivity contribution >= 4 is 33.7 Å². The number of nitrogens with two attached hydrogens (primary N) is 1. The van der Waals surface area contributed by atoms with Gasteiger partial charge in [-0.1, -0.05) is 31.3 Å². The quantitative estimate of drug-likeness (QED) is 0.213. The third kappa shape index (κ3) is 6.54. The van der Waals surface area contributed by atoms with Crippen LogP contribution in [0.5, 0.6) is 5.75 Å². The van der Waals surface area contributed by atoms with Crippen molar-refractivity contribution in [3.05, 3.63) is 53.3 Å². The molecule has 1 saturated heterocycles. The molecule has 5 N–H and O–H groups in total. The second kappa shape index (κ2) is 13.2. The van der Waals surface area contributed by atoms with E-state index in [-0.39, 0.29) is 24.4 Å². The lowest BCUT2D eigenvalue weighted by atomic mass is 10.1. The van der Waals surface area contributed by atoms with Gasteiger partial charge in [0.25, 0.3) is 0 Å². The maximum Gasteiger partial charge on any atom is 0.222 e. The van der Waals surface area contributed by atoms with Gasteiger partial charge in [-0.25, -0.2) is 9.37 Å². The largest absolute Gasteiger partial charge is 0.496 e. The van der Waals surface area contributed by atoms with Crippen LogP contribution >= 0.6 is 0 Å². The van der Waals surface area contributed by atoms with E-state index in [1.165, 1.54) is 12.1 Å². The number of rotatable bonds is 10. The highest BCUT2D eigenvalue weighted by Crippen LogP contribution is 2.35. The van der Waals surface area contributed by atoms with Crippen LogP contribution in [-0.2, 0) is 17.8 Å². The second-order valence-electron chi connectivity index (χ2n) is 10.3. The fourth-order valence-corrected chi connectivity index (χ4v) is 5.44. The number of aromatic nitrogens is 3. The van der Waals surface area contributed by atoms with Crippen molar-refractivity contribution in [1.29, 1.82) is 0 Å². The first-order valence-electron chi connectivity index (χ1n) is 14.1. The smallest absolute Gasteiger partial charge is 0.222 e. The average molecular weight is 561 g/mol. The second-order valence-corrected chi connectivity index (χ2v) is 10.3. The molecule has 1 fully saturated rings. The van der Waals surface area contributed by atoms with Gasteiger partial charge in [0.05, 0.1) is 25.2 Å². The number of halogens is 1. The first-order valence-corrected chi connectivity index (χ1v) is 14.1. The topological polar surface area (TPSA) is 119 Å². The number of ether oxygens (including phenoxy) is 2. The lowest BCUT2D eigenvalue weighted by Crippen LogP contribution is -2.34. The Morgan fingerprint density at radius 2 is 2.05 bits per heavy atom. The molecule has 1 unspecified atom stereocenters. The van der Waals surface area contributed by atoms with Gasteiger partial charge in [-0.2, -0.15) is 4.98 Å². The van der Waals surface area contributed by atoms with Crippen molar-refractivity contribution in [3.8, 4) is 17.6 Å². The van der Waals surface area contributed by atoms with Crippen LogP contribution in [0.15, 0.2) is 36.4 Å². The van der Waals surface area contributed by atoms with E-state index in [4.69, 9.17) is 15.2 Å². The third-order valence-electron chi connectivity index (χ3n) is 7.41. The van der Waals surface area contributed by atoms with E-state index >= 15 is 0 Å². The van der Waals surface area contributed by atoms with Crippen LogP contribution in [0, 0.1) is 17.7 Å². The number of benzene rings is 2. The number of methoxy groups -OCH3 is 1. The van der Waals surface area contributed by atoms with E-state index in [0.29, 0.717) is 34.8 Å². The summed E-state index contributed by atoms with van der Waals surface area (Å²) in [6, 6.07) is 11.0. The van der Waals surface area contributed by atoms with Crippen molar-refractivity contribution in [1.82, 2.24) is 19.9 Å². The summed E-state index contributed by atoms with van der Waals surface area (Å²) in [7, 11) is 1.66. The number of nitrogens with one attached hydrogen (secondary N) is 2. The van der Waals surface area contributed by atoms with E-state index in [0.717, 1.165) is 67.8 Å². The van der Waals surface area contributed by atoms with Gasteiger partial charge in [0.2, 0.25) is 5.95 Å². The Kier molecular flexibility index (Phi) is 9.19. The molecule has 216 valence electrons. The lowest BCUT2D eigenvalue weighted by Gasteiger charge is -2.23. The third-order valence-corrected chi connectivity index (χ3v) is 7.41. The highest BCUT2D eigenvalue weighted by molar-refractivity contribution is 6.09. The number of aliphatic hydroxyl groups excluding tert-OH is 1. The fourth-order valence-electron chi connectivity index (χ4n) is 5.44. The Morgan fingerprint density at radius 3 is 2.80 bits per heavy atom. The van der Waals surface area contributed by atoms with Gasteiger partial charge in [-0.15, -0.1) is 0 Å². The zero-order valence-electron chi connectivity index (χ0n) is 23.5. The summed E-state index contributed by atoms with van der Waals surface area (Å²) in [6.45, 7) is 4.57. The molecule has 0 spiro atoms. The molecule has 1 atom stereocenters. The number of hydrogen-bond donors (Lipinski definition) is 4. The van der Waals surface area contributed by atoms with Crippen molar-refractivity contribution in [2.45, 2.75) is 57.8 Å². The number of nitrogen functional groups attached to an aromatic ring is 1. The number of fused-ring (bicyclic) bond motifs is 3. The Morgan fingerprint density at radius 1 is 1.22 bits per heavy atom. The number of hydrogen-bond acceptors (Lipinski definition) is 8. The van der Waals surface area contributed by atoms with E-state index in [1.54, 1.807) is 13.2 Å². The molecule has 0 aliphatic carbocycles. The molecule has 4 aromatic rings. The maximum atomic E-state index is 14.5. The van der Waals surface area contributed by atoms with Crippen LogP contribution in [0.3, 0.4) is 0 Å². The number of nitrogens with zero attached hydrogens (tertiary/aromatic N) is 3. The summed E-state index contributed by atoms with van der Waals surface area (Å²) < 4.78 is 27.8. The van der Waals surface area contributed by atoms with E-state index in [2.05, 4.69) is 56.1 Å². The average Bonchev–Trinajstić information content (AvgIpc) is 3.27. The first kappa shape index (κ1) is 28.6. The molecule has 9 nitrogen and oxygen atoms in total. The summed E-state index contributed by atoms with van der Waals surface area (Å²) in [4.78, 5) is 9.09. The fraction of sp³-hybridized carbons (Fsp3) is 0.419. The molecule has 2 aromatic heterocycles. The molecule has 0 bridgehead atoms. The van der Waals surface area contributed by atoms with Crippen LogP contribution < -0.4 is 21.1 Å². The molecular weight excluding hydrogens is 523 g/mol. The first-order chi connectivity index (χ1) is 20.0. The Labute approximate surface area is 239 Å². The minimum atomic E-state index is -0.361. The van der Waals surface area contributed by atoms with E-state index in [9.17, 15) is 9.50 Å². The molecule has 5 rings (SSSR count). The predicted octanol–water partition coefficient (Wildman–Crippen LogP) is 4.21. The van der Waals surface area contributed by atoms with Gasteiger partial charge < -0.3 is 35.5 Å². The minimum absolute atomic E-state index is 0.0763. The lowest BCUT2D eigenvalue weighted by molar-refractivity contribution is 0.0776. The van der Waals surface area contributed by atoms with Crippen LogP contribution in [0.25, 0.3) is 21.9 Å². The van der Waals surface area contributed by atoms with Gasteiger partial charge in [-0.3, -0.25) is 0 Å². The normalized spacial score (nSPS) is 14.6. The molecule has 1 aliphatic rings. The van der Waals surface area contributed by atoms with Crippen LogP contribution in [0.4, 0.5) is 16.2 Å². The molecule has 1 aliphatic heterocycles. The Bertz CT molecular complexity index is 1570. The van der Waals surface area contributed by atoms with Crippen LogP contribution in [-0.4, -0.2) is 58.7 Å². The van der Waals surface area contributed by atoms with Crippen molar-refractivity contribution in [3.63, 3.8) is 0 Å². The zero-order valence-corrected chi connectivity index (χ0v) is 23.5. The molecule has 3 heterocycles. The molecular formula is C31H37FN6O3. The summed E-state index contributed by atoms with van der Waals surface area (Å²) in [6.07, 6.45) is 3.62. The van der Waals surface area contributed by atoms with E-state index in [1.807, 2.05) is 6.07 Å². The van der Waals surface area contributed by atoms with E-state index < -0.39 is 0 Å². The maximum absolute atomic E-state index is 14.5. The van der Waals surface area contributed by atoms with Gasteiger partial charge >= 0.3 is 0 Å².